The normalized spacial score (nSPS) is 12.3. The number of nitrogens with two attached hydrogens (primary N) is 1. The Hall–Kier alpha value is -2.01. The van der Waals surface area contributed by atoms with E-state index in [4.69, 9.17) is 10.5 Å². The summed E-state index contributed by atoms with van der Waals surface area (Å²) in [5.74, 6) is 0.0909. The van der Waals surface area contributed by atoms with Crippen molar-refractivity contribution in [2.75, 3.05) is 7.11 Å². The Morgan fingerprint density at radius 3 is 2.58 bits per heavy atom. The van der Waals surface area contributed by atoms with E-state index < -0.39 is 6.04 Å². The first-order valence-electron chi connectivity index (χ1n) is 5.91. The maximum Gasteiger partial charge on any atom is 0.216 e. The summed E-state index contributed by atoms with van der Waals surface area (Å²) in [7, 11) is 1.51. The van der Waals surface area contributed by atoms with Gasteiger partial charge in [-0.2, -0.15) is 0 Å². The molecule has 0 saturated carbocycles. The Balaban J connectivity index is 2.46. The second-order valence-electron chi connectivity index (χ2n) is 4.44. The summed E-state index contributed by atoms with van der Waals surface area (Å²) in [6, 6.07) is 4.35. The molecule has 1 atom stereocenters. The van der Waals surface area contributed by atoms with Crippen LogP contribution in [0.5, 0.6) is 5.88 Å². The van der Waals surface area contributed by atoms with Crippen molar-refractivity contribution in [3.63, 3.8) is 0 Å². The van der Waals surface area contributed by atoms with Crippen molar-refractivity contribution in [3.05, 3.63) is 52.7 Å². The Bertz CT molecular complexity index is 578. The highest BCUT2D eigenvalue weighted by Gasteiger charge is 2.18. The zero-order valence-corrected chi connectivity index (χ0v) is 11.1. The molecule has 0 spiro atoms. The fraction of sp³-hybridized carbons (Fsp3) is 0.286. The van der Waals surface area contributed by atoms with E-state index in [1.54, 1.807) is 6.07 Å². The van der Waals surface area contributed by atoms with Crippen LogP contribution >= 0.6 is 0 Å². The minimum absolute atomic E-state index is 0.317. The van der Waals surface area contributed by atoms with Crippen LogP contribution in [0.25, 0.3) is 0 Å². The summed E-state index contributed by atoms with van der Waals surface area (Å²) in [5.41, 5.74) is 8.76. The highest BCUT2D eigenvalue weighted by atomic mass is 19.1. The summed E-state index contributed by atoms with van der Waals surface area (Å²) >= 11 is 0. The van der Waals surface area contributed by atoms with Gasteiger partial charge in [0.15, 0.2) is 0 Å². The van der Waals surface area contributed by atoms with Gasteiger partial charge in [0.05, 0.1) is 18.8 Å². The molecule has 0 aliphatic rings. The van der Waals surface area contributed by atoms with Crippen molar-refractivity contribution < 1.29 is 9.13 Å². The van der Waals surface area contributed by atoms with E-state index in [0.717, 1.165) is 11.1 Å². The van der Waals surface area contributed by atoms with Gasteiger partial charge in [0.2, 0.25) is 5.88 Å². The number of hydrogen-bond acceptors (Lipinski definition) is 4. The zero-order chi connectivity index (χ0) is 14.0. The fourth-order valence-corrected chi connectivity index (χ4v) is 2.10. The van der Waals surface area contributed by atoms with E-state index in [0.29, 0.717) is 17.1 Å². The van der Waals surface area contributed by atoms with Crippen molar-refractivity contribution in [1.82, 2.24) is 9.97 Å². The quantitative estimate of drug-likeness (QED) is 0.920. The predicted octanol–water partition coefficient (Wildman–Crippen LogP) is 2.29. The van der Waals surface area contributed by atoms with Crippen LogP contribution in [0.4, 0.5) is 4.39 Å². The lowest BCUT2D eigenvalue weighted by Crippen LogP contribution is -2.17. The van der Waals surface area contributed by atoms with Gasteiger partial charge in [0.25, 0.3) is 0 Å². The highest BCUT2D eigenvalue weighted by Crippen LogP contribution is 2.26. The Kier molecular flexibility index (Phi) is 3.76. The van der Waals surface area contributed by atoms with E-state index in [1.165, 1.54) is 19.5 Å². The molecule has 1 unspecified atom stereocenters. The number of rotatable bonds is 3. The molecular weight excluding hydrogens is 245 g/mol. The lowest BCUT2D eigenvalue weighted by Gasteiger charge is -2.16. The van der Waals surface area contributed by atoms with E-state index >= 15 is 0 Å². The van der Waals surface area contributed by atoms with Crippen molar-refractivity contribution in [2.45, 2.75) is 19.9 Å². The van der Waals surface area contributed by atoms with Gasteiger partial charge in [-0.15, -0.1) is 0 Å². The molecule has 2 aromatic rings. The van der Waals surface area contributed by atoms with Crippen molar-refractivity contribution in [3.8, 4) is 5.88 Å². The number of aryl methyl sites for hydroxylation is 2. The number of halogens is 1. The number of benzene rings is 1. The largest absolute Gasteiger partial charge is 0.481 e. The second kappa shape index (κ2) is 5.32. The van der Waals surface area contributed by atoms with Crippen LogP contribution in [-0.4, -0.2) is 17.1 Å². The highest BCUT2D eigenvalue weighted by molar-refractivity contribution is 5.38. The standard InChI is InChI=1S/C14H16FN3O/c1-8-4-9(2)13(10(15)5-8)14(16)11-6-12(19-3)18-7-17-11/h4-7,14H,16H2,1-3H3. The van der Waals surface area contributed by atoms with Gasteiger partial charge in [-0.25, -0.2) is 14.4 Å². The number of aromatic nitrogens is 2. The first-order valence-corrected chi connectivity index (χ1v) is 5.91. The maximum atomic E-state index is 14.1. The molecule has 0 amide bonds. The molecule has 0 aliphatic heterocycles. The van der Waals surface area contributed by atoms with Crippen LogP contribution in [0.3, 0.4) is 0 Å². The molecule has 0 fully saturated rings. The topological polar surface area (TPSA) is 61.0 Å². The Morgan fingerprint density at radius 1 is 1.21 bits per heavy atom. The third kappa shape index (κ3) is 2.71. The molecule has 2 N–H and O–H groups in total. The third-order valence-corrected chi connectivity index (χ3v) is 2.98. The summed E-state index contributed by atoms with van der Waals surface area (Å²) in [4.78, 5) is 8.00. The minimum atomic E-state index is -0.641. The SMILES string of the molecule is COc1cc(C(N)c2c(C)cc(C)cc2F)ncn1. The maximum absolute atomic E-state index is 14.1. The van der Waals surface area contributed by atoms with Crippen LogP contribution in [-0.2, 0) is 0 Å². The Labute approximate surface area is 111 Å². The summed E-state index contributed by atoms with van der Waals surface area (Å²) < 4.78 is 19.1. The molecule has 5 heteroatoms. The molecule has 1 aromatic carbocycles. The smallest absolute Gasteiger partial charge is 0.216 e. The molecule has 19 heavy (non-hydrogen) atoms. The molecule has 100 valence electrons. The van der Waals surface area contributed by atoms with E-state index in [1.807, 2.05) is 19.9 Å². The predicted molar refractivity (Wildman–Crippen MR) is 70.5 cm³/mol. The van der Waals surface area contributed by atoms with Gasteiger partial charge in [0.1, 0.15) is 12.1 Å². The average Bonchev–Trinajstić information content (AvgIpc) is 2.37. The molecule has 0 bridgehead atoms. The van der Waals surface area contributed by atoms with Gasteiger partial charge in [-0.05, 0) is 31.0 Å². The van der Waals surface area contributed by atoms with Gasteiger partial charge < -0.3 is 10.5 Å². The fourth-order valence-electron chi connectivity index (χ4n) is 2.10. The molecule has 1 aromatic heterocycles. The number of ether oxygens (including phenoxy) is 1. The molecule has 2 rings (SSSR count). The van der Waals surface area contributed by atoms with Crippen LogP contribution in [0.2, 0.25) is 0 Å². The van der Waals surface area contributed by atoms with E-state index in [9.17, 15) is 4.39 Å². The number of methoxy groups -OCH3 is 1. The third-order valence-electron chi connectivity index (χ3n) is 2.98. The first kappa shape index (κ1) is 13.4. The molecule has 0 radical (unpaired) electrons. The summed E-state index contributed by atoms with van der Waals surface area (Å²) in [6.45, 7) is 3.68. The monoisotopic (exact) mass is 261 g/mol. The van der Waals surface area contributed by atoms with Gasteiger partial charge >= 0.3 is 0 Å². The lowest BCUT2D eigenvalue weighted by molar-refractivity contribution is 0.395. The molecule has 1 heterocycles. The summed E-state index contributed by atoms with van der Waals surface area (Å²) in [6.07, 6.45) is 1.36. The van der Waals surface area contributed by atoms with Crippen LogP contribution in [0, 0.1) is 19.7 Å². The summed E-state index contributed by atoms with van der Waals surface area (Å²) in [5, 5.41) is 0. The van der Waals surface area contributed by atoms with Crippen molar-refractivity contribution in [1.29, 1.82) is 0 Å². The van der Waals surface area contributed by atoms with Crippen molar-refractivity contribution >= 4 is 0 Å². The van der Waals surface area contributed by atoms with Gasteiger partial charge in [0, 0.05) is 11.6 Å². The molecular formula is C14H16FN3O. The van der Waals surface area contributed by atoms with Gasteiger partial charge in [-0.3, -0.25) is 0 Å². The van der Waals surface area contributed by atoms with Crippen LogP contribution in [0.1, 0.15) is 28.4 Å². The van der Waals surface area contributed by atoms with E-state index in [2.05, 4.69) is 9.97 Å². The van der Waals surface area contributed by atoms with E-state index in [-0.39, 0.29) is 5.82 Å². The van der Waals surface area contributed by atoms with Crippen LogP contribution < -0.4 is 10.5 Å². The lowest BCUT2D eigenvalue weighted by atomic mass is 9.97. The average molecular weight is 261 g/mol. The van der Waals surface area contributed by atoms with Gasteiger partial charge in [-0.1, -0.05) is 6.07 Å². The zero-order valence-electron chi connectivity index (χ0n) is 11.1. The van der Waals surface area contributed by atoms with Crippen LogP contribution in [0.15, 0.2) is 24.5 Å². The first-order chi connectivity index (χ1) is 9.02. The minimum Gasteiger partial charge on any atom is -0.481 e. The number of nitrogens with zero attached hydrogens (tertiary/aromatic N) is 2. The van der Waals surface area contributed by atoms with Crippen molar-refractivity contribution in [2.24, 2.45) is 5.73 Å². The molecule has 4 nitrogen and oxygen atoms in total. The molecule has 0 aliphatic carbocycles. The number of hydrogen-bond donors (Lipinski definition) is 1. The molecule has 0 saturated heterocycles. The second-order valence-corrected chi connectivity index (χ2v) is 4.44. The Morgan fingerprint density at radius 2 is 1.95 bits per heavy atom.